The molecule has 1 aromatic carbocycles. The zero-order valence-electron chi connectivity index (χ0n) is 8.44. The third-order valence-corrected chi connectivity index (χ3v) is 4.02. The van der Waals surface area contributed by atoms with Gasteiger partial charge < -0.3 is 11.5 Å². The Kier molecular flexibility index (Phi) is 5.65. The quantitative estimate of drug-likeness (QED) is 0.838. The highest BCUT2D eigenvalue weighted by atomic mass is 35.5. The molecule has 4 N–H and O–H groups in total. The van der Waals surface area contributed by atoms with Crippen LogP contribution in [0.1, 0.15) is 5.56 Å². The summed E-state index contributed by atoms with van der Waals surface area (Å²) in [5, 5.41) is 1.61. The van der Waals surface area contributed by atoms with Crippen molar-refractivity contribution in [1.82, 2.24) is 0 Å². The molecule has 90 valence electrons. The zero-order chi connectivity index (χ0) is 12.3. The summed E-state index contributed by atoms with van der Waals surface area (Å²) in [6, 6.07) is 1.52. The summed E-state index contributed by atoms with van der Waals surface area (Å²) in [7, 11) is 0. The molecule has 2 nitrogen and oxygen atoms in total. The van der Waals surface area contributed by atoms with Crippen LogP contribution in [0, 0.1) is 5.92 Å². The van der Waals surface area contributed by atoms with E-state index in [1.54, 1.807) is 0 Å². The van der Waals surface area contributed by atoms with E-state index in [2.05, 4.69) is 0 Å². The molecular weight excluding hydrogens is 290 g/mol. The van der Waals surface area contributed by atoms with Crippen molar-refractivity contribution in [3.8, 4) is 0 Å². The molecule has 0 aliphatic carbocycles. The summed E-state index contributed by atoms with van der Waals surface area (Å²) >= 11 is 24.0. The van der Waals surface area contributed by atoms with Gasteiger partial charge in [0, 0.05) is 0 Å². The van der Waals surface area contributed by atoms with E-state index in [0.717, 1.165) is 0 Å². The lowest BCUT2D eigenvalue weighted by Crippen LogP contribution is -2.25. The van der Waals surface area contributed by atoms with Crippen molar-refractivity contribution in [2.45, 2.75) is 6.42 Å². The predicted octanol–water partition coefficient (Wildman–Crippen LogP) is 3.38. The molecule has 1 aromatic rings. The summed E-state index contributed by atoms with van der Waals surface area (Å²) < 4.78 is 0. The second-order valence-corrected chi connectivity index (χ2v) is 5.06. The fourth-order valence-electron chi connectivity index (χ4n) is 1.35. The molecule has 0 saturated carbocycles. The van der Waals surface area contributed by atoms with Crippen LogP contribution in [0.2, 0.25) is 20.1 Å². The SMILES string of the molecule is NCC(CN)Cc1c(Cl)c(Cl)cc(Cl)c1Cl. The first-order chi connectivity index (χ1) is 7.51. The van der Waals surface area contributed by atoms with Crippen molar-refractivity contribution in [3.63, 3.8) is 0 Å². The minimum atomic E-state index is 0.115. The summed E-state index contributed by atoms with van der Waals surface area (Å²) in [6.07, 6.45) is 0.574. The van der Waals surface area contributed by atoms with Crippen molar-refractivity contribution in [1.29, 1.82) is 0 Å². The Morgan fingerprint density at radius 3 is 1.75 bits per heavy atom. The highest BCUT2D eigenvalue weighted by molar-refractivity contribution is 6.48. The third-order valence-electron chi connectivity index (χ3n) is 2.36. The van der Waals surface area contributed by atoms with Gasteiger partial charge in [-0.05, 0) is 37.1 Å². The molecule has 0 amide bonds. The molecule has 0 spiro atoms. The molecule has 0 fully saturated rings. The first-order valence-corrected chi connectivity index (χ1v) is 6.24. The second kappa shape index (κ2) is 6.29. The second-order valence-electron chi connectivity index (χ2n) is 3.49. The summed E-state index contributed by atoms with van der Waals surface area (Å²) in [4.78, 5) is 0. The lowest BCUT2D eigenvalue weighted by atomic mass is 9.99. The van der Waals surface area contributed by atoms with E-state index in [1.807, 2.05) is 0 Å². The van der Waals surface area contributed by atoms with E-state index in [-0.39, 0.29) is 5.92 Å². The molecule has 0 radical (unpaired) electrons. The molecule has 1 rings (SSSR count). The van der Waals surface area contributed by atoms with Crippen LogP contribution in [0.3, 0.4) is 0 Å². The van der Waals surface area contributed by atoms with E-state index < -0.39 is 0 Å². The zero-order valence-corrected chi connectivity index (χ0v) is 11.5. The Balaban J connectivity index is 3.11. The number of rotatable bonds is 4. The van der Waals surface area contributed by atoms with Crippen molar-refractivity contribution < 1.29 is 0 Å². The summed E-state index contributed by atoms with van der Waals surface area (Å²) in [6.45, 7) is 0.931. The molecule has 0 unspecified atom stereocenters. The van der Waals surface area contributed by atoms with Gasteiger partial charge in [0.1, 0.15) is 0 Å². The smallest absolute Gasteiger partial charge is 0.0640 e. The van der Waals surface area contributed by atoms with Crippen LogP contribution in [-0.4, -0.2) is 13.1 Å². The molecule has 0 saturated heterocycles. The van der Waals surface area contributed by atoms with Gasteiger partial charge in [-0.3, -0.25) is 0 Å². The molecule has 0 aliphatic rings. The van der Waals surface area contributed by atoms with Crippen molar-refractivity contribution in [2.75, 3.05) is 13.1 Å². The average molecular weight is 302 g/mol. The van der Waals surface area contributed by atoms with Gasteiger partial charge in [-0.2, -0.15) is 0 Å². The van der Waals surface area contributed by atoms with Gasteiger partial charge >= 0.3 is 0 Å². The van der Waals surface area contributed by atoms with Crippen LogP contribution in [0.5, 0.6) is 0 Å². The lowest BCUT2D eigenvalue weighted by molar-refractivity contribution is 0.548. The monoisotopic (exact) mass is 300 g/mol. The first kappa shape index (κ1) is 14.4. The highest BCUT2D eigenvalue weighted by Gasteiger charge is 2.17. The van der Waals surface area contributed by atoms with Gasteiger partial charge in [0.25, 0.3) is 0 Å². The minimum absolute atomic E-state index is 0.115. The molecule has 0 bridgehead atoms. The Labute approximate surface area is 115 Å². The maximum absolute atomic E-state index is 6.07. The Bertz CT molecular complexity index is 351. The topological polar surface area (TPSA) is 52.0 Å². The predicted molar refractivity (Wildman–Crippen MR) is 71.8 cm³/mol. The molecule has 16 heavy (non-hydrogen) atoms. The van der Waals surface area contributed by atoms with E-state index in [9.17, 15) is 0 Å². The van der Waals surface area contributed by atoms with Gasteiger partial charge in [-0.1, -0.05) is 46.4 Å². The van der Waals surface area contributed by atoms with Gasteiger partial charge in [0.15, 0.2) is 0 Å². The van der Waals surface area contributed by atoms with Crippen LogP contribution in [0.15, 0.2) is 6.07 Å². The maximum atomic E-state index is 6.07. The first-order valence-electron chi connectivity index (χ1n) is 4.73. The standard InChI is InChI=1S/C10H12Cl4N2/c11-7-2-8(12)10(14)6(9(7)13)1-5(3-15)4-16/h2,5H,1,3-4,15-16H2. The van der Waals surface area contributed by atoms with Gasteiger partial charge in [0.2, 0.25) is 0 Å². The molecule has 0 heterocycles. The van der Waals surface area contributed by atoms with Crippen LogP contribution >= 0.6 is 46.4 Å². The molecule has 0 aliphatic heterocycles. The Morgan fingerprint density at radius 2 is 1.38 bits per heavy atom. The molecule has 6 heteroatoms. The Hall–Kier alpha value is 0.300. The van der Waals surface area contributed by atoms with Gasteiger partial charge in [-0.25, -0.2) is 0 Å². The van der Waals surface area contributed by atoms with E-state index in [0.29, 0.717) is 45.2 Å². The number of halogens is 4. The molecule has 0 aromatic heterocycles. The summed E-state index contributed by atoms with van der Waals surface area (Å²) in [5.74, 6) is 0.115. The van der Waals surface area contributed by atoms with Gasteiger partial charge in [0.05, 0.1) is 20.1 Å². The van der Waals surface area contributed by atoms with Crippen LogP contribution < -0.4 is 11.5 Å². The average Bonchev–Trinajstić information content (AvgIpc) is 2.27. The molecular formula is C10H12Cl4N2. The van der Waals surface area contributed by atoms with Crippen molar-refractivity contribution in [2.24, 2.45) is 17.4 Å². The third kappa shape index (κ3) is 3.16. The number of hydrogen-bond acceptors (Lipinski definition) is 2. The van der Waals surface area contributed by atoms with Crippen LogP contribution in [0.4, 0.5) is 0 Å². The normalized spacial score (nSPS) is 11.2. The summed E-state index contributed by atoms with van der Waals surface area (Å²) in [5.41, 5.74) is 11.9. The Morgan fingerprint density at radius 1 is 0.938 bits per heavy atom. The fraction of sp³-hybridized carbons (Fsp3) is 0.400. The van der Waals surface area contributed by atoms with E-state index >= 15 is 0 Å². The maximum Gasteiger partial charge on any atom is 0.0640 e. The number of nitrogens with two attached hydrogens (primary N) is 2. The van der Waals surface area contributed by atoms with Crippen molar-refractivity contribution in [3.05, 3.63) is 31.7 Å². The fourth-order valence-corrected chi connectivity index (χ4v) is 2.36. The van der Waals surface area contributed by atoms with Crippen LogP contribution in [0.25, 0.3) is 0 Å². The van der Waals surface area contributed by atoms with Crippen LogP contribution in [-0.2, 0) is 6.42 Å². The van der Waals surface area contributed by atoms with E-state index in [1.165, 1.54) is 6.07 Å². The largest absolute Gasteiger partial charge is 0.330 e. The van der Waals surface area contributed by atoms with Crippen molar-refractivity contribution >= 4 is 46.4 Å². The van der Waals surface area contributed by atoms with E-state index in [4.69, 9.17) is 57.9 Å². The lowest BCUT2D eigenvalue weighted by Gasteiger charge is -2.16. The number of benzene rings is 1. The highest BCUT2D eigenvalue weighted by Crippen LogP contribution is 2.38. The molecule has 0 atom stereocenters. The van der Waals surface area contributed by atoms with Gasteiger partial charge in [-0.15, -0.1) is 0 Å². The number of hydrogen-bond donors (Lipinski definition) is 2. The minimum Gasteiger partial charge on any atom is -0.330 e.